The molecule has 0 spiro atoms. The van der Waals surface area contributed by atoms with Crippen LogP contribution in [0.5, 0.6) is 0 Å². The van der Waals surface area contributed by atoms with Crippen LogP contribution < -0.4 is 11.1 Å². The highest BCUT2D eigenvalue weighted by molar-refractivity contribution is 5.76. The molecular weight excluding hydrogens is 240 g/mol. The summed E-state index contributed by atoms with van der Waals surface area (Å²) in [6, 6.07) is 9.82. The van der Waals surface area contributed by atoms with Crippen LogP contribution in [0.2, 0.25) is 0 Å². The van der Waals surface area contributed by atoms with Gasteiger partial charge in [-0.2, -0.15) is 0 Å². The second-order valence-electron chi connectivity index (χ2n) is 4.89. The van der Waals surface area contributed by atoms with Crippen LogP contribution in [0.1, 0.15) is 44.2 Å². The number of carbonyl (C=O) groups excluding carboxylic acids is 1. The second kappa shape index (κ2) is 8.67. The minimum Gasteiger partial charge on any atom is -0.396 e. The highest BCUT2D eigenvalue weighted by atomic mass is 16.2. The zero-order valence-electron chi connectivity index (χ0n) is 11.5. The molecule has 0 radical (unpaired) electrons. The van der Waals surface area contributed by atoms with Gasteiger partial charge in [-0.3, -0.25) is 4.79 Å². The fraction of sp³-hybridized carbons (Fsp3) is 0.533. The van der Waals surface area contributed by atoms with Crippen molar-refractivity contribution in [3.8, 4) is 0 Å². The average molecular weight is 264 g/mol. The summed E-state index contributed by atoms with van der Waals surface area (Å²) in [4.78, 5) is 11.7. The lowest BCUT2D eigenvalue weighted by atomic mass is 10.0. The summed E-state index contributed by atoms with van der Waals surface area (Å²) in [6.07, 6.45) is 2.58. The van der Waals surface area contributed by atoms with Gasteiger partial charge in [0.2, 0.25) is 5.91 Å². The van der Waals surface area contributed by atoms with Crippen molar-refractivity contribution in [2.75, 3.05) is 6.61 Å². The molecule has 0 aromatic heterocycles. The molecule has 1 aromatic carbocycles. The third-order valence-corrected chi connectivity index (χ3v) is 3.11. The third-order valence-electron chi connectivity index (χ3n) is 3.11. The molecule has 4 heteroatoms. The zero-order chi connectivity index (χ0) is 14.1. The largest absolute Gasteiger partial charge is 0.396 e. The van der Waals surface area contributed by atoms with E-state index in [-0.39, 0.29) is 24.6 Å². The molecule has 0 fully saturated rings. The lowest BCUT2D eigenvalue weighted by molar-refractivity contribution is -0.121. The Hall–Kier alpha value is -1.39. The second-order valence-corrected chi connectivity index (χ2v) is 4.89. The van der Waals surface area contributed by atoms with Gasteiger partial charge in [0.05, 0.1) is 0 Å². The van der Waals surface area contributed by atoms with Crippen molar-refractivity contribution in [2.24, 2.45) is 5.73 Å². The molecule has 0 aliphatic carbocycles. The van der Waals surface area contributed by atoms with Gasteiger partial charge in [-0.25, -0.2) is 0 Å². The number of amides is 1. The average Bonchev–Trinajstić information content (AvgIpc) is 2.43. The predicted octanol–water partition coefficient (Wildman–Crippen LogP) is 1.74. The molecule has 0 heterocycles. The van der Waals surface area contributed by atoms with Crippen LogP contribution in [0, 0.1) is 0 Å². The van der Waals surface area contributed by atoms with Crippen LogP contribution in [0.4, 0.5) is 0 Å². The van der Waals surface area contributed by atoms with Gasteiger partial charge in [0, 0.05) is 25.1 Å². The molecule has 1 amide bonds. The molecule has 1 aromatic rings. The van der Waals surface area contributed by atoms with Crippen LogP contribution in [-0.2, 0) is 4.79 Å². The maximum absolute atomic E-state index is 11.7. The first kappa shape index (κ1) is 15.7. The van der Waals surface area contributed by atoms with Gasteiger partial charge in [0.25, 0.3) is 0 Å². The molecule has 4 nitrogen and oxygen atoms in total. The summed E-state index contributed by atoms with van der Waals surface area (Å²) >= 11 is 0. The molecule has 19 heavy (non-hydrogen) atoms. The van der Waals surface area contributed by atoms with Crippen molar-refractivity contribution in [1.82, 2.24) is 5.32 Å². The smallest absolute Gasteiger partial charge is 0.220 e. The lowest BCUT2D eigenvalue weighted by Crippen LogP contribution is -2.33. The summed E-state index contributed by atoms with van der Waals surface area (Å²) < 4.78 is 0. The highest BCUT2D eigenvalue weighted by Crippen LogP contribution is 2.14. The fourth-order valence-corrected chi connectivity index (χ4v) is 1.97. The van der Waals surface area contributed by atoms with Gasteiger partial charge >= 0.3 is 0 Å². The Balaban J connectivity index is 2.26. The summed E-state index contributed by atoms with van der Waals surface area (Å²) in [5.74, 6) is 0.0248. The minimum absolute atomic E-state index is 0.0248. The molecule has 0 bridgehead atoms. The van der Waals surface area contributed by atoms with Crippen LogP contribution in [0.3, 0.4) is 0 Å². The van der Waals surface area contributed by atoms with E-state index in [4.69, 9.17) is 10.8 Å². The van der Waals surface area contributed by atoms with Gasteiger partial charge in [0.1, 0.15) is 0 Å². The Bertz CT molecular complexity index is 368. The van der Waals surface area contributed by atoms with E-state index >= 15 is 0 Å². The molecule has 0 aliphatic rings. The molecule has 0 saturated carbocycles. The van der Waals surface area contributed by atoms with Crippen molar-refractivity contribution in [3.05, 3.63) is 35.9 Å². The Labute approximate surface area is 115 Å². The predicted molar refractivity (Wildman–Crippen MR) is 76.5 cm³/mol. The number of aliphatic hydroxyl groups excluding tert-OH is 1. The van der Waals surface area contributed by atoms with E-state index < -0.39 is 0 Å². The zero-order valence-corrected chi connectivity index (χ0v) is 11.5. The summed E-state index contributed by atoms with van der Waals surface area (Å²) in [7, 11) is 0. The van der Waals surface area contributed by atoms with E-state index in [0.717, 1.165) is 12.0 Å². The first-order valence-corrected chi connectivity index (χ1v) is 6.84. The molecular formula is C15H24N2O2. The standard InChI is InChI=1S/C15H24N2O2/c1-12(6-5-11-18)17-15(19)10-9-14(16)13-7-3-2-4-8-13/h2-4,7-8,12,14,18H,5-6,9-11,16H2,1H3,(H,17,19). The van der Waals surface area contributed by atoms with Gasteiger partial charge in [-0.05, 0) is 31.7 Å². The maximum Gasteiger partial charge on any atom is 0.220 e. The van der Waals surface area contributed by atoms with Crippen LogP contribution >= 0.6 is 0 Å². The van der Waals surface area contributed by atoms with Crippen LogP contribution in [-0.4, -0.2) is 23.7 Å². The molecule has 2 atom stereocenters. The fourth-order valence-electron chi connectivity index (χ4n) is 1.97. The number of hydrogen-bond donors (Lipinski definition) is 3. The van der Waals surface area contributed by atoms with Crippen LogP contribution in [0.25, 0.3) is 0 Å². The van der Waals surface area contributed by atoms with Crippen molar-refractivity contribution >= 4 is 5.91 Å². The normalized spacial score (nSPS) is 13.8. The first-order chi connectivity index (χ1) is 9.13. The molecule has 1 rings (SSSR count). The van der Waals surface area contributed by atoms with Crippen molar-refractivity contribution in [2.45, 2.75) is 44.7 Å². The minimum atomic E-state index is -0.0975. The summed E-state index contributed by atoms with van der Waals surface area (Å²) in [5, 5.41) is 11.6. The lowest BCUT2D eigenvalue weighted by Gasteiger charge is -2.15. The monoisotopic (exact) mass is 264 g/mol. The Morgan fingerprint density at radius 3 is 2.63 bits per heavy atom. The van der Waals surface area contributed by atoms with Crippen molar-refractivity contribution < 1.29 is 9.90 Å². The number of rotatable bonds is 8. The highest BCUT2D eigenvalue weighted by Gasteiger charge is 2.10. The van der Waals surface area contributed by atoms with Crippen LogP contribution in [0.15, 0.2) is 30.3 Å². The van der Waals surface area contributed by atoms with E-state index in [1.807, 2.05) is 37.3 Å². The van der Waals surface area contributed by atoms with Gasteiger partial charge in [0.15, 0.2) is 0 Å². The quantitative estimate of drug-likeness (QED) is 0.669. The van der Waals surface area contributed by atoms with E-state index in [0.29, 0.717) is 19.3 Å². The molecule has 4 N–H and O–H groups in total. The topological polar surface area (TPSA) is 75.3 Å². The van der Waals surface area contributed by atoms with E-state index in [2.05, 4.69) is 5.32 Å². The Morgan fingerprint density at radius 1 is 1.32 bits per heavy atom. The molecule has 2 unspecified atom stereocenters. The number of nitrogens with one attached hydrogen (secondary N) is 1. The number of benzene rings is 1. The number of aliphatic hydroxyl groups is 1. The van der Waals surface area contributed by atoms with Gasteiger partial charge < -0.3 is 16.2 Å². The number of carbonyl (C=O) groups is 1. The van der Waals surface area contributed by atoms with Gasteiger partial charge in [-0.1, -0.05) is 30.3 Å². The van der Waals surface area contributed by atoms with E-state index in [9.17, 15) is 4.79 Å². The van der Waals surface area contributed by atoms with Crippen molar-refractivity contribution in [3.63, 3.8) is 0 Å². The van der Waals surface area contributed by atoms with Gasteiger partial charge in [-0.15, -0.1) is 0 Å². The first-order valence-electron chi connectivity index (χ1n) is 6.84. The summed E-state index contributed by atoms with van der Waals surface area (Å²) in [6.45, 7) is 2.11. The summed E-state index contributed by atoms with van der Waals surface area (Å²) in [5.41, 5.74) is 7.10. The van der Waals surface area contributed by atoms with E-state index in [1.54, 1.807) is 0 Å². The third kappa shape index (κ3) is 6.36. The number of hydrogen-bond acceptors (Lipinski definition) is 3. The molecule has 0 aliphatic heterocycles. The number of nitrogens with two attached hydrogens (primary N) is 1. The maximum atomic E-state index is 11.7. The molecule has 0 saturated heterocycles. The van der Waals surface area contributed by atoms with E-state index in [1.165, 1.54) is 0 Å². The molecule has 106 valence electrons. The Kier molecular flexibility index (Phi) is 7.15. The van der Waals surface area contributed by atoms with Crippen molar-refractivity contribution in [1.29, 1.82) is 0 Å². The SMILES string of the molecule is CC(CCCO)NC(=O)CCC(N)c1ccccc1. The Morgan fingerprint density at radius 2 is 2.00 bits per heavy atom.